The molecule has 2 heterocycles. The zero-order valence-electron chi connectivity index (χ0n) is 16.2. The number of hydrogen-bond donors (Lipinski definition) is 6. The summed E-state index contributed by atoms with van der Waals surface area (Å²) < 4.78 is 16.0. The third-order valence-electron chi connectivity index (χ3n) is 5.05. The first kappa shape index (κ1) is 21.6. The van der Waals surface area contributed by atoms with Gasteiger partial charge in [-0.25, -0.2) is 4.79 Å². The summed E-state index contributed by atoms with van der Waals surface area (Å²) in [6.07, 6.45) is -9.56. The molecule has 0 bridgehead atoms. The molecule has 0 unspecified atom stereocenters. The van der Waals surface area contributed by atoms with Gasteiger partial charge in [-0.3, -0.25) is 4.79 Å². The van der Waals surface area contributed by atoms with Crippen molar-refractivity contribution < 1.29 is 49.3 Å². The summed E-state index contributed by atoms with van der Waals surface area (Å²) in [7, 11) is 0. The van der Waals surface area contributed by atoms with Crippen molar-refractivity contribution in [2.75, 3.05) is 0 Å². The molecule has 3 aromatic rings. The lowest BCUT2D eigenvalue weighted by molar-refractivity contribution is -0.271. The number of hydrogen-bond acceptors (Lipinski definition) is 10. The maximum absolute atomic E-state index is 12.5. The Kier molecular flexibility index (Phi) is 5.48. The molecule has 1 fully saturated rings. The molecule has 0 amide bonds. The maximum atomic E-state index is 12.5. The van der Waals surface area contributed by atoms with Gasteiger partial charge in [-0.05, 0) is 0 Å². The van der Waals surface area contributed by atoms with Gasteiger partial charge in [0.2, 0.25) is 12.0 Å². The molecule has 32 heavy (non-hydrogen) atoms. The van der Waals surface area contributed by atoms with Crippen molar-refractivity contribution in [3.8, 4) is 28.6 Å². The fourth-order valence-corrected chi connectivity index (χ4v) is 3.38. The number of carbonyl (C=O) groups is 1. The number of benzene rings is 2. The molecule has 6 N–H and O–H groups in total. The number of aliphatic hydroxyl groups is 3. The minimum atomic E-state index is -1.94. The topological polar surface area (TPSA) is 187 Å². The van der Waals surface area contributed by atoms with Crippen LogP contribution in [0.2, 0.25) is 0 Å². The van der Waals surface area contributed by atoms with Gasteiger partial charge >= 0.3 is 5.97 Å². The number of carboxylic acid groups (broad SMARTS) is 1. The standard InChI is InChI=1S/C21H18O11/c22-9-6-10(8-4-2-1-3-5-8)30-11-7-12(14(23)15(24)13(9)11)31-21-18(27)16(25)17(26)19(32-21)20(28)29/h1-7,16-19,21,23-27H,(H,28,29)/t16-,17-,18+,19+,21-/m0/s1. The van der Waals surface area contributed by atoms with E-state index in [2.05, 4.69) is 0 Å². The molecule has 4 rings (SSSR count). The minimum Gasteiger partial charge on any atom is -0.504 e. The van der Waals surface area contributed by atoms with Crippen LogP contribution in [0.1, 0.15) is 0 Å². The number of rotatable bonds is 4. The van der Waals surface area contributed by atoms with E-state index in [-0.39, 0.29) is 16.7 Å². The van der Waals surface area contributed by atoms with Crippen LogP contribution in [0.4, 0.5) is 0 Å². The third kappa shape index (κ3) is 3.63. The summed E-state index contributed by atoms with van der Waals surface area (Å²) in [6, 6.07) is 10.8. The van der Waals surface area contributed by atoms with Gasteiger partial charge in [0.25, 0.3) is 0 Å². The van der Waals surface area contributed by atoms with Gasteiger partial charge in [0.05, 0.1) is 0 Å². The van der Waals surface area contributed by atoms with E-state index in [0.29, 0.717) is 5.56 Å². The van der Waals surface area contributed by atoms with Gasteiger partial charge in [-0.15, -0.1) is 0 Å². The van der Waals surface area contributed by atoms with E-state index in [0.717, 1.165) is 12.1 Å². The van der Waals surface area contributed by atoms with Crippen molar-refractivity contribution >= 4 is 16.9 Å². The maximum Gasteiger partial charge on any atom is 0.335 e. The van der Waals surface area contributed by atoms with Crippen LogP contribution in [-0.4, -0.2) is 67.3 Å². The second kappa shape index (κ2) is 8.13. The van der Waals surface area contributed by atoms with Crippen molar-refractivity contribution in [2.45, 2.75) is 30.7 Å². The van der Waals surface area contributed by atoms with Crippen molar-refractivity contribution in [2.24, 2.45) is 0 Å². The van der Waals surface area contributed by atoms with E-state index < -0.39 is 59.4 Å². The Morgan fingerprint density at radius 1 is 0.938 bits per heavy atom. The van der Waals surface area contributed by atoms with E-state index in [9.17, 15) is 35.1 Å². The predicted octanol–water partition coefficient (Wildman–Crippen LogP) is 0.142. The molecule has 1 aromatic heterocycles. The van der Waals surface area contributed by atoms with Gasteiger partial charge in [0.15, 0.2) is 23.0 Å². The van der Waals surface area contributed by atoms with Crippen molar-refractivity contribution in [1.82, 2.24) is 0 Å². The first-order valence-electron chi connectivity index (χ1n) is 9.36. The normalized spacial score (nSPS) is 25.5. The van der Waals surface area contributed by atoms with Crippen molar-refractivity contribution in [1.29, 1.82) is 0 Å². The average Bonchev–Trinajstić information content (AvgIpc) is 2.77. The van der Waals surface area contributed by atoms with Gasteiger partial charge < -0.3 is 44.5 Å². The van der Waals surface area contributed by atoms with Crippen molar-refractivity contribution in [3.63, 3.8) is 0 Å². The van der Waals surface area contributed by atoms with Crippen LogP contribution >= 0.6 is 0 Å². The molecule has 0 saturated carbocycles. The molecule has 11 heteroatoms. The van der Waals surface area contributed by atoms with Crippen LogP contribution in [0.5, 0.6) is 17.2 Å². The fraction of sp³-hybridized carbons (Fsp3) is 0.238. The highest BCUT2D eigenvalue weighted by Crippen LogP contribution is 2.42. The number of fused-ring (bicyclic) bond motifs is 1. The highest BCUT2D eigenvalue weighted by atomic mass is 16.7. The summed E-state index contributed by atoms with van der Waals surface area (Å²) >= 11 is 0. The molecule has 11 nitrogen and oxygen atoms in total. The van der Waals surface area contributed by atoms with E-state index in [1.165, 1.54) is 0 Å². The lowest BCUT2D eigenvalue weighted by Gasteiger charge is -2.38. The van der Waals surface area contributed by atoms with E-state index >= 15 is 0 Å². The number of aromatic hydroxyl groups is 2. The smallest absolute Gasteiger partial charge is 0.335 e. The van der Waals surface area contributed by atoms with Gasteiger partial charge in [-0.1, -0.05) is 30.3 Å². The number of ether oxygens (including phenoxy) is 2. The molecule has 1 aliphatic rings. The van der Waals surface area contributed by atoms with Crippen LogP contribution in [0.25, 0.3) is 22.3 Å². The van der Waals surface area contributed by atoms with E-state index in [4.69, 9.17) is 19.0 Å². The molecule has 1 saturated heterocycles. The van der Waals surface area contributed by atoms with Crippen LogP contribution < -0.4 is 10.2 Å². The highest BCUT2D eigenvalue weighted by Gasteiger charge is 2.48. The Balaban J connectivity index is 1.77. The Morgan fingerprint density at radius 3 is 2.28 bits per heavy atom. The molecule has 0 spiro atoms. The van der Waals surface area contributed by atoms with Gasteiger partial charge in [0.1, 0.15) is 35.0 Å². The van der Waals surface area contributed by atoms with E-state index in [1.54, 1.807) is 30.3 Å². The largest absolute Gasteiger partial charge is 0.504 e. The van der Waals surface area contributed by atoms with Crippen LogP contribution in [0, 0.1) is 0 Å². The minimum absolute atomic E-state index is 0.164. The second-order valence-corrected chi connectivity index (χ2v) is 7.14. The Bertz CT molecular complexity index is 1220. The number of aliphatic carboxylic acids is 1. The van der Waals surface area contributed by atoms with Gasteiger partial charge in [-0.2, -0.15) is 0 Å². The molecule has 2 aromatic carbocycles. The molecule has 0 radical (unpaired) electrons. The Hall–Kier alpha value is -3.64. The Labute approximate surface area is 178 Å². The SMILES string of the molecule is O=C(O)[C@@H]1O[C@H](Oc2cc3oc(-c4ccccc4)cc(=O)c3c(O)c2O)[C@H](O)[C@@H](O)[C@@H]1O. The molecule has 5 atom stereocenters. The summed E-state index contributed by atoms with van der Waals surface area (Å²) in [5.41, 5.74) is -0.265. The lowest BCUT2D eigenvalue weighted by Crippen LogP contribution is -2.61. The summed E-state index contributed by atoms with van der Waals surface area (Å²) in [5.74, 6) is -3.76. The molecule has 0 aliphatic carbocycles. The molecule has 1 aliphatic heterocycles. The summed E-state index contributed by atoms with van der Waals surface area (Å²) in [5, 5.41) is 59.2. The predicted molar refractivity (Wildman–Crippen MR) is 106 cm³/mol. The highest BCUT2D eigenvalue weighted by molar-refractivity contribution is 5.89. The first-order chi connectivity index (χ1) is 15.2. The fourth-order valence-electron chi connectivity index (χ4n) is 3.38. The zero-order chi connectivity index (χ0) is 23.2. The molecule has 168 valence electrons. The monoisotopic (exact) mass is 446 g/mol. The first-order valence-corrected chi connectivity index (χ1v) is 9.36. The number of phenols is 2. The molecular formula is C21H18O11. The zero-order valence-corrected chi connectivity index (χ0v) is 16.2. The number of phenolic OH excluding ortho intramolecular Hbond substituents is 2. The third-order valence-corrected chi connectivity index (χ3v) is 5.05. The quantitative estimate of drug-likeness (QED) is 0.299. The van der Waals surface area contributed by atoms with E-state index in [1.807, 2.05) is 0 Å². The second-order valence-electron chi connectivity index (χ2n) is 7.14. The average molecular weight is 446 g/mol. The van der Waals surface area contributed by atoms with Crippen LogP contribution in [0.15, 0.2) is 51.7 Å². The Morgan fingerprint density at radius 2 is 1.62 bits per heavy atom. The number of carboxylic acids is 1. The van der Waals surface area contributed by atoms with Crippen LogP contribution in [0.3, 0.4) is 0 Å². The van der Waals surface area contributed by atoms with Crippen molar-refractivity contribution in [3.05, 3.63) is 52.7 Å². The summed E-state index contributed by atoms with van der Waals surface area (Å²) in [4.78, 5) is 23.8. The molecular weight excluding hydrogens is 428 g/mol. The van der Waals surface area contributed by atoms with Crippen LogP contribution in [-0.2, 0) is 9.53 Å². The number of aliphatic hydroxyl groups excluding tert-OH is 3. The summed E-state index contributed by atoms with van der Waals surface area (Å²) in [6.45, 7) is 0. The van der Waals surface area contributed by atoms with Gasteiger partial charge in [0, 0.05) is 17.7 Å². The lowest BCUT2D eigenvalue weighted by atomic mass is 9.99.